The van der Waals surface area contributed by atoms with Gasteiger partial charge in [0.2, 0.25) is 0 Å². The quantitative estimate of drug-likeness (QED) is 0.667. The second-order valence-electron chi connectivity index (χ2n) is 4.11. The zero-order chi connectivity index (χ0) is 15.7. The van der Waals surface area contributed by atoms with Crippen LogP contribution in [0.3, 0.4) is 0 Å². The summed E-state index contributed by atoms with van der Waals surface area (Å²) in [6, 6.07) is 6.16. The minimum Gasteiger partial charge on any atom is -0.435 e. The van der Waals surface area contributed by atoms with E-state index in [1.165, 1.54) is 34.8 Å². The van der Waals surface area contributed by atoms with Crippen LogP contribution in [0.15, 0.2) is 34.1 Å². The van der Waals surface area contributed by atoms with E-state index in [2.05, 4.69) is 31.0 Å². The summed E-state index contributed by atoms with van der Waals surface area (Å²) in [6.07, 6.45) is 0. The van der Waals surface area contributed by atoms with Gasteiger partial charge in [-0.15, -0.1) is 11.3 Å². The molecule has 1 aromatic carbocycles. The SMILES string of the molecule is O=C(Nc1nc2ccc(OC(F)F)cc2s1)c1cc(Br)cs1. The molecule has 1 N–H and O–H groups in total. The minimum absolute atomic E-state index is 0.0613. The van der Waals surface area contributed by atoms with Gasteiger partial charge in [-0.25, -0.2) is 4.98 Å². The number of amides is 1. The molecule has 2 aromatic heterocycles. The third-order valence-corrected chi connectivity index (χ3v) is 5.22. The standard InChI is InChI=1S/C13H7BrF2N2O2S2/c14-6-3-10(21-5-6)11(19)18-13-17-8-2-1-7(20-12(15)16)4-9(8)22-13/h1-5,12H,(H,17,18,19). The number of alkyl halides is 2. The zero-order valence-corrected chi connectivity index (χ0v) is 13.9. The first-order chi connectivity index (χ1) is 10.5. The molecular weight excluding hydrogens is 398 g/mol. The van der Waals surface area contributed by atoms with Crippen LogP contribution in [-0.2, 0) is 0 Å². The maximum atomic E-state index is 12.2. The Kier molecular flexibility index (Phi) is 4.37. The number of hydrogen-bond donors (Lipinski definition) is 1. The summed E-state index contributed by atoms with van der Waals surface area (Å²) in [5, 5.41) is 4.90. The summed E-state index contributed by atoms with van der Waals surface area (Å²) < 4.78 is 30.2. The van der Waals surface area contributed by atoms with E-state index in [0.29, 0.717) is 20.2 Å². The number of carbonyl (C=O) groups excluding carboxylic acids is 1. The highest BCUT2D eigenvalue weighted by Crippen LogP contribution is 2.30. The lowest BCUT2D eigenvalue weighted by Gasteiger charge is -2.02. The fraction of sp³-hybridized carbons (Fsp3) is 0.0769. The Bertz CT molecular complexity index is 834. The van der Waals surface area contributed by atoms with Crippen molar-refractivity contribution in [2.45, 2.75) is 6.61 Å². The maximum absolute atomic E-state index is 12.2. The molecule has 0 saturated carbocycles. The normalized spacial score (nSPS) is 11.1. The third kappa shape index (κ3) is 3.42. The van der Waals surface area contributed by atoms with Gasteiger partial charge in [0.1, 0.15) is 5.75 Å². The van der Waals surface area contributed by atoms with Crippen LogP contribution >= 0.6 is 38.6 Å². The number of rotatable bonds is 4. The molecule has 0 saturated heterocycles. The molecule has 0 aliphatic rings. The molecule has 0 fully saturated rings. The van der Waals surface area contributed by atoms with Gasteiger partial charge in [-0.3, -0.25) is 10.1 Å². The summed E-state index contributed by atoms with van der Waals surface area (Å²) in [4.78, 5) is 16.8. The number of fused-ring (bicyclic) bond motifs is 1. The minimum atomic E-state index is -2.87. The number of carbonyl (C=O) groups is 1. The van der Waals surface area contributed by atoms with Crippen LogP contribution in [0.25, 0.3) is 10.2 Å². The summed E-state index contributed by atoms with van der Waals surface area (Å²) in [5.74, 6) is -0.204. The molecule has 1 amide bonds. The summed E-state index contributed by atoms with van der Waals surface area (Å²) in [5.41, 5.74) is 0.606. The number of nitrogens with zero attached hydrogens (tertiary/aromatic N) is 1. The van der Waals surface area contributed by atoms with Crippen LogP contribution in [-0.4, -0.2) is 17.5 Å². The highest BCUT2D eigenvalue weighted by atomic mass is 79.9. The van der Waals surface area contributed by atoms with Crippen molar-refractivity contribution in [3.8, 4) is 5.75 Å². The molecule has 9 heteroatoms. The van der Waals surface area contributed by atoms with Crippen LogP contribution in [0.5, 0.6) is 5.75 Å². The number of aromatic nitrogens is 1. The molecule has 22 heavy (non-hydrogen) atoms. The Labute approximate surface area is 139 Å². The van der Waals surface area contributed by atoms with E-state index in [1.807, 2.05) is 0 Å². The fourth-order valence-corrected chi connectivity index (χ4v) is 3.94. The van der Waals surface area contributed by atoms with Gasteiger partial charge < -0.3 is 4.74 Å². The number of halogens is 3. The van der Waals surface area contributed by atoms with Crippen LogP contribution < -0.4 is 10.1 Å². The fourth-order valence-electron chi connectivity index (χ4n) is 1.73. The predicted octanol–water partition coefficient (Wildman–Crippen LogP) is 4.97. The smallest absolute Gasteiger partial charge is 0.387 e. The summed E-state index contributed by atoms with van der Waals surface area (Å²) in [7, 11) is 0. The van der Waals surface area contributed by atoms with E-state index in [9.17, 15) is 13.6 Å². The van der Waals surface area contributed by atoms with Gasteiger partial charge in [-0.2, -0.15) is 8.78 Å². The number of benzene rings is 1. The molecule has 114 valence electrons. The molecule has 0 atom stereocenters. The average Bonchev–Trinajstić information content (AvgIpc) is 3.03. The molecule has 0 radical (unpaired) electrons. The second kappa shape index (κ2) is 6.27. The topological polar surface area (TPSA) is 51.2 Å². The van der Waals surface area contributed by atoms with E-state index in [0.717, 1.165) is 4.47 Å². The van der Waals surface area contributed by atoms with Crippen molar-refractivity contribution in [3.05, 3.63) is 39.0 Å². The van der Waals surface area contributed by atoms with Crippen molar-refractivity contribution in [2.75, 3.05) is 5.32 Å². The molecule has 0 spiro atoms. The van der Waals surface area contributed by atoms with Gasteiger partial charge >= 0.3 is 6.61 Å². The van der Waals surface area contributed by atoms with E-state index in [-0.39, 0.29) is 11.7 Å². The van der Waals surface area contributed by atoms with Crippen molar-refractivity contribution < 1.29 is 18.3 Å². The van der Waals surface area contributed by atoms with E-state index in [1.54, 1.807) is 17.5 Å². The lowest BCUT2D eigenvalue weighted by molar-refractivity contribution is -0.0497. The molecule has 0 bridgehead atoms. The van der Waals surface area contributed by atoms with Crippen molar-refractivity contribution in [2.24, 2.45) is 0 Å². The highest BCUT2D eigenvalue weighted by molar-refractivity contribution is 9.10. The van der Waals surface area contributed by atoms with Crippen LogP contribution in [0.2, 0.25) is 0 Å². The first-order valence-electron chi connectivity index (χ1n) is 5.92. The molecule has 2 heterocycles. The number of nitrogens with one attached hydrogen (secondary N) is 1. The molecule has 4 nitrogen and oxygen atoms in total. The maximum Gasteiger partial charge on any atom is 0.387 e. The number of ether oxygens (including phenoxy) is 1. The van der Waals surface area contributed by atoms with E-state index < -0.39 is 6.61 Å². The van der Waals surface area contributed by atoms with E-state index in [4.69, 9.17) is 0 Å². The van der Waals surface area contributed by atoms with Crippen molar-refractivity contribution in [1.29, 1.82) is 0 Å². The molecule has 3 aromatic rings. The first kappa shape index (κ1) is 15.3. The molecule has 0 aliphatic heterocycles. The molecule has 3 rings (SSSR count). The Balaban J connectivity index is 1.81. The Morgan fingerprint density at radius 2 is 2.18 bits per heavy atom. The van der Waals surface area contributed by atoms with Gasteiger partial charge in [0.25, 0.3) is 5.91 Å². The van der Waals surface area contributed by atoms with Crippen molar-refractivity contribution in [3.63, 3.8) is 0 Å². The van der Waals surface area contributed by atoms with Gasteiger partial charge in [0.05, 0.1) is 15.1 Å². The lowest BCUT2D eigenvalue weighted by Crippen LogP contribution is -2.09. The van der Waals surface area contributed by atoms with Crippen LogP contribution in [0.4, 0.5) is 13.9 Å². The Morgan fingerprint density at radius 3 is 2.86 bits per heavy atom. The number of hydrogen-bond acceptors (Lipinski definition) is 5. The van der Waals surface area contributed by atoms with Gasteiger partial charge in [-0.1, -0.05) is 11.3 Å². The zero-order valence-electron chi connectivity index (χ0n) is 10.7. The summed E-state index contributed by atoms with van der Waals surface area (Å²) >= 11 is 5.78. The largest absolute Gasteiger partial charge is 0.435 e. The third-order valence-electron chi connectivity index (χ3n) is 2.60. The number of thiazole rings is 1. The van der Waals surface area contributed by atoms with Gasteiger partial charge in [0, 0.05) is 9.85 Å². The highest BCUT2D eigenvalue weighted by Gasteiger charge is 2.13. The van der Waals surface area contributed by atoms with Gasteiger partial charge in [0.15, 0.2) is 5.13 Å². The summed E-state index contributed by atoms with van der Waals surface area (Å²) in [6.45, 7) is -2.87. The first-order valence-corrected chi connectivity index (χ1v) is 8.41. The van der Waals surface area contributed by atoms with Crippen LogP contribution in [0.1, 0.15) is 9.67 Å². The van der Waals surface area contributed by atoms with E-state index >= 15 is 0 Å². The van der Waals surface area contributed by atoms with Gasteiger partial charge in [-0.05, 0) is 40.2 Å². The van der Waals surface area contributed by atoms with Crippen molar-refractivity contribution >= 4 is 59.9 Å². The molecule has 0 aliphatic carbocycles. The average molecular weight is 405 g/mol. The van der Waals surface area contributed by atoms with Crippen molar-refractivity contribution in [1.82, 2.24) is 4.98 Å². The Morgan fingerprint density at radius 1 is 1.36 bits per heavy atom. The molecule has 0 unspecified atom stereocenters. The molecular formula is C13H7BrF2N2O2S2. The number of anilines is 1. The Hall–Kier alpha value is -1.58. The number of thiophene rings is 1. The predicted molar refractivity (Wildman–Crippen MR) is 86.2 cm³/mol. The monoisotopic (exact) mass is 404 g/mol. The van der Waals surface area contributed by atoms with Crippen LogP contribution in [0, 0.1) is 0 Å². The lowest BCUT2D eigenvalue weighted by atomic mass is 10.3. The second-order valence-corrected chi connectivity index (χ2v) is 6.97.